The molecule has 15 heavy (non-hydrogen) atoms. The molecule has 1 aromatic rings. The van der Waals surface area contributed by atoms with Crippen LogP contribution in [0.3, 0.4) is 0 Å². The van der Waals surface area contributed by atoms with Gasteiger partial charge < -0.3 is 10.4 Å². The van der Waals surface area contributed by atoms with Crippen molar-refractivity contribution in [3.8, 4) is 0 Å². The number of hydrogen-bond acceptors (Lipinski definition) is 3. The van der Waals surface area contributed by atoms with Gasteiger partial charge in [0.2, 0.25) is 0 Å². The fourth-order valence-electron chi connectivity index (χ4n) is 1.21. The van der Waals surface area contributed by atoms with Crippen molar-refractivity contribution in [2.75, 3.05) is 18.5 Å². The van der Waals surface area contributed by atoms with Gasteiger partial charge in [0.1, 0.15) is 0 Å². The summed E-state index contributed by atoms with van der Waals surface area (Å²) >= 11 is 0. The predicted molar refractivity (Wildman–Crippen MR) is 61.2 cm³/mol. The summed E-state index contributed by atoms with van der Waals surface area (Å²) in [6.07, 6.45) is 1.99. The van der Waals surface area contributed by atoms with Crippen molar-refractivity contribution in [1.29, 1.82) is 0 Å². The molecule has 80 valence electrons. The summed E-state index contributed by atoms with van der Waals surface area (Å²) in [6, 6.07) is 7.23. The topological polar surface area (TPSA) is 49.3 Å². The van der Waals surface area contributed by atoms with Crippen LogP contribution in [0.2, 0.25) is 0 Å². The Labute approximate surface area is 89.4 Å². The van der Waals surface area contributed by atoms with Gasteiger partial charge in [-0.05, 0) is 24.6 Å². The fourth-order valence-corrected chi connectivity index (χ4v) is 1.21. The van der Waals surface area contributed by atoms with Gasteiger partial charge in [0, 0.05) is 24.4 Å². The minimum Gasteiger partial charge on any atom is -0.396 e. The predicted octanol–water partition coefficient (Wildman–Crippen LogP) is 1.85. The second-order valence-electron chi connectivity index (χ2n) is 3.15. The molecule has 1 rings (SSSR count). The third kappa shape index (κ3) is 3.56. The number of anilines is 1. The molecule has 2 N–H and O–H groups in total. The molecule has 3 heteroatoms. The van der Waals surface area contributed by atoms with Gasteiger partial charge in [-0.15, -0.1) is 0 Å². The molecule has 0 aliphatic heterocycles. The van der Waals surface area contributed by atoms with E-state index in [1.165, 1.54) is 6.08 Å². The highest BCUT2D eigenvalue weighted by Crippen LogP contribution is 2.11. The maximum absolute atomic E-state index is 11.3. The number of aliphatic hydroxyl groups is 1. The van der Waals surface area contributed by atoms with E-state index < -0.39 is 0 Å². The number of rotatable bonds is 6. The maximum atomic E-state index is 11.3. The number of hydrogen-bond donors (Lipinski definition) is 2. The van der Waals surface area contributed by atoms with Crippen molar-refractivity contribution in [2.45, 2.75) is 6.42 Å². The Balaban J connectivity index is 2.65. The van der Waals surface area contributed by atoms with Crippen LogP contribution in [0.1, 0.15) is 16.8 Å². The van der Waals surface area contributed by atoms with Gasteiger partial charge in [-0.3, -0.25) is 4.79 Å². The van der Waals surface area contributed by atoms with Crippen LogP contribution < -0.4 is 5.32 Å². The molecular formula is C12H15NO2. The first-order valence-corrected chi connectivity index (χ1v) is 4.89. The van der Waals surface area contributed by atoms with Crippen molar-refractivity contribution >= 4 is 11.5 Å². The second kappa shape index (κ2) is 5.98. The molecule has 0 aliphatic carbocycles. The molecule has 0 fully saturated rings. The molecule has 0 bridgehead atoms. The van der Waals surface area contributed by atoms with Gasteiger partial charge in [-0.2, -0.15) is 0 Å². The molecule has 0 saturated carbocycles. The Kier molecular flexibility index (Phi) is 4.57. The van der Waals surface area contributed by atoms with E-state index in [4.69, 9.17) is 5.11 Å². The lowest BCUT2D eigenvalue weighted by molar-refractivity contribution is 0.104. The van der Waals surface area contributed by atoms with Crippen molar-refractivity contribution in [1.82, 2.24) is 0 Å². The van der Waals surface area contributed by atoms with Gasteiger partial charge in [-0.25, -0.2) is 0 Å². The number of nitrogens with one attached hydrogen (secondary N) is 1. The molecule has 0 heterocycles. The highest BCUT2D eigenvalue weighted by atomic mass is 16.3. The Hall–Kier alpha value is -1.61. The quantitative estimate of drug-likeness (QED) is 0.423. The van der Waals surface area contributed by atoms with E-state index in [-0.39, 0.29) is 12.4 Å². The number of allylic oxidation sites excluding steroid dienone is 1. The number of ketones is 1. The fraction of sp³-hybridized carbons (Fsp3) is 0.250. The number of carbonyl (C=O) groups is 1. The van der Waals surface area contributed by atoms with Gasteiger partial charge in [-0.1, -0.05) is 18.7 Å². The molecular weight excluding hydrogens is 190 g/mol. The number of benzene rings is 1. The van der Waals surface area contributed by atoms with Crippen molar-refractivity contribution < 1.29 is 9.90 Å². The molecule has 0 aromatic heterocycles. The Morgan fingerprint density at radius 1 is 1.53 bits per heavy atom. The highest BCUT2D eigenvalue weighted by Gasteiger charge is 2.01. The average Bonchev–Trinajstić information content (AvgIpc) is 2.29. The summed E-state index contributed by atoms with van der Waals surface area (Å²) in [5.41, 5.74) is 1.51. The molecule has 0 atom stereocenters. The van der Waals surface area contributed by atoms with Crippen LogP contribution >= 0.6 is 0 Å². The van der Waals surface area contributed by atoms with Crippen LogP contribution in [-0.2, 0) is 0 Å². The molecule has 0 saturated heterocycles. The summed E-state index contributed by atoms with van der Waals surface area (Å²) in [7, 11) is 0. The first-order valence-electron chi connectivity index (χ1n) is 4.89. The Bertz CT molecular complexity index is 347. The molecule has 0 spiro atoms. The molecule has 0 radical (unpaired) electrons. The normalized spacial score (nSPS) is 9.67. The van der Waals surface area contributed by atoms with Crippen LogP contribution in [0.5, 0.6) is 0 Å². The zero-order valence-corrected chi connectivity index (χ0v) is 8.57. The highest BCUT2D eigenvalue weighted by molar-refractivity contribution is 6.04. The molecule has 1 aromatic carbocycles. The Morgan fingerprint density at radius 2 is 2.33 bits per heavy atom. The van der Waals surface area contributed by atoms with E-state index in [1.54, 1.807) is 12.1 Å². The number of carbonyl (C=O) groups excluding carboxylic acids is 1. The molecule has 0 unspecified atom stereocenters. The number of aliphatic hydroxyl groups excluding tert-OH is 1. The molecule has 0 amide bonds. The van der Waals surface area contributed by atoms with E-state index in [2.05, 4.69) is 11.9 Å². The minimum absolute atomic E-state index is 0.0826. The summed E-state index contributed by atoms with van der Waals surface area (Å²) in [5, 5.41) is 11.7. The van der Waals surface area contributed by atoms with Crippen molar-refractivity contribution in [2.24, 2.45) is 0 Å². The summed E-state index contributed by atoms with van der Waals surface area (Å²) in [5.74, 6) is -0.0826. The first kappa shape index (κ1) is 11.5. The lowest BCUT2D eigenvalue weighted by atomic mass is 10.1. The third-order valence-electron chi connectivity index (χ3n) is 2.00. The zero-order chi connectivity index (χ0) is 11.1. The SMILES string of the molecule is C=CC(=O)c1cccc(NCCCO)c1. The minimum atomic E-state index is -0.0826. The van der Waals surface area contributed by atoms with Gasteiger partial charge >= 0.3 is 0 Å². The Morgan fingerprint density at radius 3 is 3.00 bits per heavy atom. The van der Waals surface area contributed by atoms with Crippen LogP contribution in [0.25, 0.3) is 0 Å². The third-order valence-corrected chi connectivity index (χ3v) is 2.00. The lowest BCUT2D eigenvalue weighted by Gasteiger charge is -2.05. The van der Waals surface area contributed by atoms with Gasteiger partial charge in [0.15, 0.2) is 5.78 Å². The largest absolute Gasteiger partial charge is 0.396 e. The van der Waals surface area contributed by atoms with Crippen LogP contribution in [0, 0.1) is 0 Å². The maximum Gasteiger partial charge on any atom is 0.185 e. The molecule has 0 aliphatic rings. The van der Waals surface area contributed by atoms with Crippen molar-refractivity contribution in [3.63, 3.8) is 0 Å². The standard InChI is InChI=1S/C12H15NO2/c1-2-12(15)10-5-3-6-11(9-10)13-7-4-8-14/h2-3,5-6,9,13-14H,1,4,7-8H2. The zero-order valence-electron chi connectivity index (χ0n) is 8.57. The van der Waals surface area contributed by atoms with Gasteiger partial charge in [0.05, 0.1) is 0 Å². The van der Waals surface area contributed by atoms with E-state index in [0.717, 1.165) is 5.69 Å². The van der Waals surface area contributed by atoms with Crippen LogP contribution in [0.4, 0.5) is 5.69 Å². The van der Waals surface area contributed by atoms with Crippen LogP contribution in [-0.4, -0.2) is 24.0 Å². The smallest absolute Gasteiger partial charge is 0.185 e. The van der Waals surface area contributed by atoms with E-state index in [1.807, 2.05) is 12.1 Å². The first-order chi connectivity index (χ1) is 7.27. The monoisotopic (exact) mass is 205 g/mol. The summed E-state index contributed by atoms with van der Waals surface area (Å²) < 4.78 is 0. The van der Waals surface area contributed by atoms with Gasteiger partial charge in [0.25, 0.3) is 0 Å². The second-order valence-corrected chi connectivity index (χ2v) is 3.15. The molecule has 3 nitrogen and oxygen atoms in total. The lowest BCUT2D eigenvalue weighted by Crippen LogP contribution is -2.04. The summed E-state index contributed by atoms with van der Waals surface area (Å²) in [4.78, 5) is 11.3. The summed E-state index contributed by atoms with van der Waals surface area (Å²) in [6.45, 7) is 4.30. The van der Waals surface area contributed by atoms with E-state index >= 15 is 0 Å². The average molecular weight is 205 g/mol. The van der Waals surface area contributed by atoms with E-state index in [0.29, 0.717) is 18.5 Å². The van der Waals surface area contributed by atoms with Crippen LogP contribution in [0.15, 0.2) is 36.9 Å². The van der Waals surface area contributed by atoms with E-state index in [9.17, 15) is 4.79 Å². The van der Waals surface area contributed by atoms with Crippen molar-refractivity contribution in [3.05, 3.63) is 42.5 Å².